The molecular formula is C13H14FN. The molecule has 1 aromatic carbocycles. The monoisotopic (exact) mass is 203 g/mol. The molecule has 78 valence electrons. The highest BCUT2D eigenvalue weighted by molar-refractivity contribution is 5.86. The molecule has 2 aromatic rings. The standard InChI is InChI=1S/C13H14FN/c1-13(2)7-6-9-8-4-3-5-10(14)11(8)15-12(9)13/h3-5,15H,6-7H2,1-2H3. The minimum absolute atomic E-state index is 0.141. The van der Waals surface area contributed by atoms with Crippen LogP contribution in [0.25, 0.3) is 10.9 Å². The summed E-state index contributed by atoms with van der Waals surface area (Å²) in [5.41, 5.74) is 3.38. The number of benzene rings is 1. The molecule has 0 aliphatic heterocycles. The van der Waals surface area contributed by atoms with Gasteiger partial charge in [-0.3, -0.25) is 0 Å². The topological polar surface area (TPSA) is 15.8 Å². The molecule has 0 bridgehead atoms. The zero-order valence-corrected chi connectivity index (χ0v) is 9.02. The average Bonchev–Trinajstić information content (AvgIpc) is 2.67. The highest BCUT2D eigenvalue weighted by atomic mass is 19.1. The number of halogens is 1. The van der Waals surface area contributed by atoms with E-state index in [-0.39, 0.29) is 11.2 Å². The van der Waals surface area contributed by atoms with Crippen LogP contribution in [0.5, 0.6) is 0 Å². The van der Waals surface area contributed by atoms with Gasteiger partial charge in [-0.25, -0.2) is 4.39 Å². The van der Waals surface area contributed by atoms with E-state index < -0.39 is 0 Å². The first-order valence-corrected chi connectivity index (χ1v) is 5.39. The van der Waals surface area contributed by atoms with Gasteiger partial charge < -0.3 is 4.98 Å². The number of nitrogens with one attached hydrogen (secondary N) is 1. The molecule has 1 aromatic heterocycles. The first-order valence-electron chi connectivity index (χ1n) is 5.39. The van der Waals surface area contributed by atoms with Crippen LogP contribution >= 0.6 is 0 Å². The number of para-hydroxylation sites is 1. The van der Waals surface area contributed by atoms with Gasteiger partial charge in [-0.15, -0.1) is 0 Å². The van der Waals surface area contributed by atoms with Crippen LogP contribution in [0.15, 0.2) is 18.2 Å². The van der Waals surface area contributed by atoms with Gasteiger partial charge in [0, 0.05) is 16.5 Å². The molecule has 1 N–H and O–H groups in total. The third-order valence-electron chi connectivity index (χ3n) is 3.57. The molecule has 0 unspecified atom stereocenters. The van der Waals surface area contributed by atoms with E-state index >= 15 is 0 Å². The van der Waals surface area contributed by atoms with Gasteiger partial charge >= 0.3 is 0 Å². The van der Waals surface area contributed by atoms with E-state index in [4.69, 9.17) is 0 Å². The molecule has 3 rings (SSSR count). The van der Waals surface area contributed by atoms with Crippen LogP contribution in [-0.2, 0) is 11.8 Å². The summed E-state index contributed by atoms with van der Waals surface area (Å²) in [4.78, 5) is 3.26. The number of aromatic amines is 1. The van der Waals surface area contributed by atoms with Gasteiger partial charge in [0.1, 0.15) is 5.82 Å². The van der Waals surface area contributed by atoms with E-state index in [0.717, 1.165) is 18.2 Å². The van der Waals surface area contributed by atoms with Gasteiger partial charge in [-0.1, -0.05) is 26.0 Å². The fourth-order valence-electron chi connectivity index (χ4n) is 2.64. The lowest BCUT2D eigenvalue weighted by Gasteiger charge is -2.16. The fourth-order valence-corrected chi connectivity index (χ4v) is 2.64. The van der Waals surface area contributed by atoms with Gasteiger partial charge in [0.2, 0.25) is 0 Å². The summed E-state index contributed by atoms with van der Waals surface area (Å²) in [6.07, 6.45) is 2.21. The Balaban J connectivity index is 2.39. The van der Waals surface area contributed by atoms with Crippen LogP contribution in [0.2, 0.25) is 0 Å². The summed E-state index contributed by atoms with van der Waals surface area (Å²) in [7, 11) is 0. The number of hydrogen-bond acceptors (Lipinski definition) is 0. The molecule has 0 fully saturated rings. The number of H-pyrrole nitrogens is 1. The van der Waals surface area contributed by atoms with Crippen LogP contribution in [-0.4, -0.2) is 4.98 Å². The average molecular weight is 203 g/mol. The van der Waals surface area contributed by atoms with Crippen molar-refractivity contribution in [3.05, 3.63) is 35.3 Å². The number of fused-ring (bicyclic) bond motifs is 3. The molecule has 0 amide bonds. The number of aryl methyl sites for hydroxylation is 1. The van der Waals surface area contributed by atoms with E-state index in [2.05, 4.69) is 18.8 Å². The lowest BCUT2D eigenvalue weighted by atomic mass is 9.91. The van der Waals surface area contributed by atoms with Gasteiger partial charge in [-0.05, 0) is 24.5 Å². The van der Waals surface area contributed by atoms with Crippen molar-refractivity contribution in [2.24, 2.45) is 0 Å². The molecule has 15 heavy (non-hydrogen) atoms. The zero-order valence-electron chi connectivity index (χ0n) is 9.02. The number of hydrogen-bond donors (Lipinski definition) is 1. The quantitative estimate of drug-likeness (QED) is 0.674. The summed E-state index contributed by atoms with van der Waals surface area (Å²) >= 11 is 0. The minimum atomic E-state index is -0.141. The predicted molar refractivity (Wildman–Crippen MR) is 59.6 cm³/mol. The van der Waals surface area contributed by atoms with Crippen molar-refractivity contribution in [2.45, 2.75) is 32.1 Å². The van der Waals surface area contributed by atoms with Crippen molar-refractivity contribution in [1.82, 2.24) is 4.98 Å². The van der Waals surface area contributed by atoms with Crippen molar-refractivity contribution in [3.63, 3.8) is 0 Å². The van der Waals surface area contributed by atoms with Crippen molar-refractivity contribution >= 4 is 10.9 Å². The van der Waals surface area contributed by atoms with Crippen LogP contribution in [0.3, 0.4) is 0 Å². The summed E-state index contributed by atoms with van der Waals surface area (Å²) in [6.45, 7) is 4.43. The van der Waals surface area contributed by atoms with E-state index in [1.807, 2.05) is 6.07 Å². The molecule has 2 heteroatoms. The molecule has 0 saturated heterocycles. The molecule has 0 radical (unpaired) electrons. The third-order valence-corrected chi connectivity index (χ3v) is 3.57. The van der Waals surface area contributed by atoms with Crippen molar-refractivity contribution in [2.75, 3.05) is 0 Å². The summed E-state index contributed by atoms with van der Waals surface area (Å²) in [6, 6.07) is 5.31. The van der Waals surface area contributed by atoms with Gasteiger partial charge in [0.05, 0.1) is 5.52 Å². The van der Waals surface area contributed by atoms with Crippen LogP contribution in [0.1, 0.15) is 31.5 Å². The van der Waals surface area contributed by atoms with E-state index in [9.17, 15) is 4.39 Å². The van der Waals surface area contributed by atoms with E-state index in [0.29, 0.717) is 5.52 Å². The second-order valence-electron chi connectivity index (χ2n) is 5.02. The lowest BCUT2D eigenvalue weighted by molar-refractivity contribution is 0.510. The molecular weight excluding hydrogens is 189 g/mol. The third kappa shape index (κ3) is 1.08. The smallest absolute Gasteiger partial charge is 0.147 e. The Morgan fingerprint density at radius 3 is 2.93 bits per heavy atom. The second-order valence-corrected chi connectivity index (χ2v) is 5.02. The molecule has 1 aliphatic carbocycles. The Labute approximate surface area is 88.3 Å². The van der Waals surface area contributed by atoms with Gasteiger partial charge in [0.25, 0.3) is 0 Å². The number of rotatable bonds is 0. The normalized spacial score (nSPS) is 18.3. The molecule has 0 atom stereocenters. The summed E-state index contributed by atoms with van der Waals surface area (Å²) in [5.74, 6) is -0.141. The van der Waals surface area contributed by atoms with Crippen molar-refractivity contribution in [3.8, 4) is 0 Å². The van der Waals surface area contributed by atoms with Crippen LogP contribution < -0.4 is 0 Å². The molecule has 0 spiro atoms. The molecule has 1 aliphatic rings. The first kappa shape index (κ1) is 8.96. The van der Waals surface area contributed by atoms with Crippen molar-refractivity contribution < 1.29 is 4.39 Å². The van der Waals surface area contributed by atoms with Gasteiger partial charge in [-0.2, -0.15) is 0 Å². The minimum Gasteiger partial charge on any atom is -0.355 e. The second kappa shape index (κ2) is 2.63. The Morgan fingerprint density at radius 1 is 1.33 bits per heavy atom. The Kier molecular flexibility index (Phi) is 1.57. The molecule has 1 nitrogen and oxygen atoms in total. The maximum Gasteiger partial charge on any atom is 0.147 e. The maximum atomic E-state index is 13.6. The first-order chi connectivity index (χ1) is 7.09. The zero-order chi connectivity index (χ0) is 10.6. The lowest BCUT2D eigenvalue weighted by Crippen LogP contribution is -2.12. The van der Waals surface area contributed by atoms with Crippen LogP contribution in [0, 0.1) is 5.82 Å². The van der Waals surface area contributed by atoms with Crippen LogP contribution in [0.4, 0.5) is 4.39 Å². The number of aromatic nitrogens is 1. The Bertz CT molecular complexity index is 537. The molecule has 1 heterocycles. The van der Waals surface area contributed by atoms with E-state index in [1.54, 1.807) is 6.07 Å². The summed E-state index contributed by atoms with van der Waals surface area (Å²) in [5, 5.41) is 1.07. The summed E-state index contributed by atoms with van der Waals surface area (Å²) < 4.78 is 13.6. The fraction of sp³-hybridized carbons (Fsp3) is 0.385. The predicted octanol–water partition coefficient (Wildman–Crippen LogP) is 3.53. The molecule has 0 saturated carbocycles. The highest BCUT2D eigenvalue weighted by Gasteiger charge is 2.33. The Morgan fingerprint density at radius 2 is 2.13 bits per heavy atom. The largest absolute Gasteiger partial charge is 0.355 e. The highest BCUT2D eigenvalue weighted by Crippen LogP contribution is 2.41. The van der Waals surface area contributed by atoms with Crippen molar-refractivity contribution in [1.29, 1.82) is 0 Å². The van der Waals surface area contributed by atoms with Gasteiger partial charge in [0.15, 0.2) is 0 Å². The van der Waals surface area contributed by atoms with E-state index in [1.165, 1.54) is 17.3 Å². The maximum absolute atomic E-state index is 13.6. The SMILES string of the molecule is CC1(C)CCc2c1[nH]c1c(F)cccc21. The Hall–Kier alpha value is -1.31.